The van der Waals surface area contributed by atoms with Gasteiger partial charge < -0.3 is 15.2 Å². The maximum Gasteiger partial charge on any atom is 0.251 e. The fourth-order valence-electron chi connectivity index (χ4n) is 3.57. The molecule has 0 aliphatic heterocycles. The zero-order chi connectivity index (χ0) is 23.9. The van der Waals surface area contributed by atoms with Crippen LogP contribution >= 0.6 is 11.6 Å². The first-order valence-corrected chi connectivity index (χ1v) is 11.2. The number of aliphatic hydroxyl groups is 1. The Morgan fingerprint density at radius 3 is 2.71 bits per heavy atom. The third-order valence-electron chi connectivity index (χ3n) is 5.30. The standard InChI is InChI=1S/C27H22ClN3O3/c28-23-11-10-19(27(33)30-17-20-7-2-4-9-25(20)34-13-5-12-32)15-22(23)26-21(16-29)14-18-6-1-3-8-24(18)31-26/h1-4,6-11,14-15,32H,5,12-13,17H2,(H,30,33). The van der Waals surface area contributed by atoms with Gasteiger partial charge in [0.2, 0.25) is 0 Å². The number of rotatable bonds is 8. The summed E-state index contributed by atoms with van der Waals surface area (Å²) in [5.41, 5.74) is 3.29. The van der Waals surface area contributed by atoms with E-state index >= 15 is 0 Å². The first-order chi connectivity index (χ1) is 16.6. The SMILES string of the molecule is N#Cc1cc2ccccc2nc1-c1cc(C(=O)NCc2ccccc2OCCCO)ccc1Cl. The predicted octanol–water partition coefficient (Wildman–Crippen LogP) is 5.12. The Morgan fingerprint density at radius 2 is 1.88 bits per heavy atom. The van der Waals surface area contributed by atoms with Crippen molar-refractivity contribution in [3.05, 3.63) is 94.5 Å². The quantitative estimate of drug-likeness (QED) is 0.348. The van der Waals surface area contributed by atoms with E-state index < -0.39 is 0 Å². The van der Waals surface area contributed by atoms with Crippen molar-refractivity contribution < 1.29 is 14.6 Å². The molecule has 3 aromatic carbocycles. The summed E-state index contributed by atoms with van der Waals surface area (Å²) in [6.07, 6.45) is 0.530. The highest BCUT2D eigenvalue weighted by molar-refractivity contribution is 6.33. The molecule has 0 unspecified atom stereocenters. The van der Waals surface area contributed by atoms with Gasteiger partial charge >= 0.3 is 0 Å². The molecule has 34 heavy (non-hydrogen) atoms. The number of aromatic nitrogens is 1. The van der Waals surface area contributed by atoms with Crippen LogP contribution in [0.25, 0.3) is 22.2 Å². The van der Waals surface area contributed by atoms with Gasteiger partial charge in [-0.2, -0.15) is 5.26 Å². The molecular formula is C27H22ClN3O3. The van der Waals surface area contributed by atoms with E-state index in [1.165, 1.54) is 0 Å². The van der Waals surface area contributed by atoms with E-state index in [2.05, 4.69) is 16.4 Å². The monoisotopic (exact) mass is 471 g/mol. The molecule has 0 saturated carbocycles. The number of fused-ring (bicyclic) bond motifs is 1. The second-order valence-electron chi connectivity index (χ2n) is 7.60. The third-order valence-corrected chi connectivity index (χ3v) is 5.63. The molecule has 0 aliphatic carbocycles. The minimum Gasteiger partial charge on any atom is -0.493 e. The lowest BCUT2D eigenvalue weighted by Crippen LogP contribution is -2.23. The molecule has 4 aromatic rings. The fraction of sp³-hybridized carbons (Fsp3) is 0.148. The smallest absolute Gasteiger partial charge is 0.251 e. The summed E-state index contributed by atoms with van der Waals surface area (Å²) in [5.74, 6) is 0.370. The summed E-state index contributed by atoms with van der Waals surface area (Å²) < 4.78 is 5.70. The van der Waals surface area contributed by atoms with Crippen molar-refractivity contribution >= 4 is 28.4 Å². The molecule has 6 nitrogen and oxygen atoms in total. The number of para-hydroxylation sites is 2. The van der Waals surface area contributed by atoms with E-state index in [1.807, 2.05) is 48.5 Å². The highest BCUT2D eigenvalue weighted by Crippen LogP contribution is 2.32. The van der Waals surface area contributed by atoms with E-state index in [9.17, 15) is 10.1 Å². The second-order valence-corrected chi connectivity index (χ2v) is 8.01. The molecule has 1 amide bonds. The van der Waals surface area contributed by atoms with E-state index in [4.69, 9.17) is 21.4 Å². The third kappa shape index (κ3) is 5.18. The Bertz CT molecular complexity index is 1380. The van der Waals surface area contributed by atoms with Crippen molar-refractivity contribution in [2.24, 2.45) is 0 Å². The van der Waals surface area contributed by atoms with Gasteiger partial charge in [0.05, 0.1) is 28.4 Å². The number of hydrogen-bond donors (Lipinski definition) is 2. The number of hydrogen-bond acceptors (Lipinski definition) is 5. The minimum absolute atomic E-state index is 0.0530. The summed E-state index contributed by atoms with van der Waals surface area (Å²) in [4.78, 5) is 17.6. The number of carbonyl (C=O) groups is 1. The minimum atomic E-state index is -0.289. The van der Waals surface area contributed by atoms with E-state index in [-0.39, 0.29) is 19.1 Å². The van der Waals surface area contributed by atoms with Crippen LogP contribution in [-0.2, 0) is 6.54 Å². The van der Waals surface area contributed by atoms with Crippen molar-refractivity contribution in [1.29, 1.82) is 5.26 Å². The van der Waals surface area contributed by atoms with Crippen molar-refractivity contribution in [3.63, 3.8) is 0 Å². The van der Waals surface area contributed by atoms with Crippen LogP contribution < -0.4 is 10.1 Å². The zero-order valence-electron chi connectivity index (χ0n) is 18.3. The topological polar surface area (TPSA) is 95.2 Å². The fourth-order valence-corrected chi connectivity index (χ4v) is 3.78. The molecule has 4 rings (SSSR count). The molecule has 0 radical (unpaired) electrons. The first kappa shape index (κ1) is 23.2. The number of pyridine rings is 1. The molecular weight excluding hydrogens is 450 g/mol. The Morgan fingerprint density at radius 1 is 1.09 bits per heavy atom. The molecule has 0 saturated heterocycles. The largest absolute Gasteiger partial charge is 0.493 e. The van der Waals surface area contributed by atoms with Crippen LogP contribution in [0.2, 0.25) is 5.02 Å². The average Bonchev–Trinajstić information content (AvgIpc) is 2.87. The number of carbonyl (C=O) groups excluding carboxylic acids is 1. The van der Waals surface area contributed by atoms with Gasteiger partial charge in [-0.3, -0.25) is 4.79 Å². The van der Waals surface area contributed by atoms with Crippen molar-refractivity contribution in [2.75, 3.05) is 13.2 Å². The summed E-state index contributed by atoms with van der Waals surface area (Å²) in [7, 11) is 0. The zero-order valence-corrected chi connectivity index (χ0v) is 19.0. The Hall–Kier alpha value is -3.92. The van der Waals surface area contributed by atoms with Crippen LogP contribution in [0.1, 0.15) is 27.9 Å². The lowest BCUT2D eigenvalue weighted by Gasteiger charge is -2.13. The number of nitrogens with one attached hydrogen (secondary N) is 1. The van der Waals surface area contributed by atoms with Gasteiger partial charge in [0, 0.05) is 41.6 Å². The van der Waals surface area contributed by atoms with Crippen LogP contribution in [0.5, 0.6) is 5.75 Å². The molecule has 1 aromatic heterocycles. The molecule has 0 spiro atoms. The molecule has 1 heterocycles. The maximum absolute atomic E-state index is 12.9. The highest BCUT2D eigenvalue weighted by Gasteiger charge is 2.16. The normalized spacial score (nSPS) is 10.6. The van der Waals surface area contributed by atoms with Crippen LogP contribution in [0.3, 0.4) is 0 Å². The number of nitrogens with zero attached hydrogens (tertiary/aromatic N) is 2. The maximum atomic E-state index is 12.9. The molecule has 7 heteroatoms. The number of aliphatic hydroxyl groups excluding tert-OH is 1. The molecule has 0 aliphatic rings. The lowest BCUT2D eigenvalue weighted by atomic mass is 10.0. The van der Waals surface area contributed by atoms with Gasteiger partial charge in [-0.1, -0.05) is 48.0 Å². The average molecular weight is 472 g/mol. The van der Waals surface area contributed by atoms with Crippen LogP contribution in [0.15, 0.2) is 72.8 Å². The van der Waals surface area contributed by atoms with E-state index in [0.717, 1.165) is 16.5 Å². The van der Waals surface area contributed by atoms with Crippen LogP contribution in [-0.4, -0.2) is 29.2 Å². The number of nitriles is 1. The number of ether oxygens (including phenoxy) is 1. The van der Waals surface area contributed by atoms with Gasteiger partial charge in [0.25, 0.3) is 5.91 Å². The Balaban J connectivity index is 1.58. The van der Waals surface area contributed by atoms with Crippen molar-refractivity contribution in [2.45, 2.75) is 13.0 Å². The molecule has 2 N–H and O–H groups in total. The Labute approximate surface area is 202 Å². The number of benzene rings is 3. The number of amides is 1. The molecule has 170 valence electrons. The summed E-state index contributed by atoms with van der Waals surface area (Å²) >= 11 is 6.45. The van der Waals surface area contributed by atoms with Gasteiger partial charge in [-0.25, -0.2) is 4.98 Å². The number of halogens is 1. The van der Waals surface area contributed by atoms with Gasteiger partial charge in [0.15, 0.2) is 0 Å². The summed E-state index contributed by atoms with van der Waals surface area (Å²) in [6, 6.07) is 23.8. The van der Waals surface area contributed by atoms with E-state index in [1.54, 1.807) is 24.3 Å². The predicted molar refractivity (Wildman–Crippen MR) is 132 cm³/mol. The molecule has 0 atom stereocenters. The Kier molecular flexibility index (Phi) is 7.38. The van der Waals surface area contributed by atoms with Crippen LogP contribution in [0.4, 0.5) is 0 Å². The van der Waals surface area contributed by atoms with Gasteiger partial charge in [-0.05, 0) is 36.4 Å². The van der Waals surface area contributed by atoms with Gasteiger partial charge in [-0.15, -0.1) is 0 Å². The lowest BCUT2D eigenvalue weighted by molar-refractivity contribution is 0.0950. The van der Waals surface area contributed by atoms with Gasteiger partial charge in [0.1, 0.15) is 11.8 Å². The highest BCUT2D eigenvalue weighted by atomic mass is 35.5. The second kappa shape index (κ2) is 10.8. The van der Waals surface area contributed by atoms with Crippen LogP contribution in [0, 0.1) is 11.3 Å². The molecule has 0 fully saturated rings. The van der Waals surface area contributed by atoms with Crippen molar-refractivity contribution in [1.82, 2.24) is 10.3 Å². The van der Waals surface area contributed by atoms with E-state index in [0.29, 0.717) is 46.2 Å². The molecule has 0 bridgehead atoms. The first-order valence-electron chi connectivity index (χ1n) is 10.8. The summed E-state index contributed by atoms with van der Waals surface area (Å²) in [6.45, 7) is 0.711. The van der Waals surface area contributed by atoms with Crippen molar-refractivity contribution in [3.8, 4) is 23.1 Å². The summed E-state index contributed by atoms with van der Waals surface area (Å²) in [5, 5.41) is 22.8.